The third-order valence-electron chi connectivity index (χ3n) is 9.59. The number of hydrogen-bond acceptors (Lipinski definition) is 10. The van der Waals surface area contributed by atoms with Gasteiger partial charge in [0.15, 0.2) is 5.82 Å². The maximum atomic E-state index is 12.6. The van der Waals surface area contributed by atoms with Crippen LogP contribution < -0.4 is 21.1 Å². The summed E-state index contributed by atoms with van der Waals surface area (Å²) in [7, 11) is 0. The van der Waals surface area contributed by atoms with E-state index in [-0.39, 0.29) is 11.8 Å². The number of benzene rings is 3. The highest BCUT2D eigenvalue weighted by atomic mass is 16.5. The number of nitrogen functional groups attached to an aromatic ring is 1. The smallest absolute Gasteiger partial charge is 0.251 e. The Balaban J connectivity index is 0.901. The summed E-state index contributed by atoms with van der Waals surface area (Å²) in [6.45, 7) is 11.9. The summed E-state index contributed by atoms with van der Waals surface area (Å²) in [6, 6.07) is 22.1. The van der Waals surface area contributed by atoms with Crippen LogP contribution in [0.3, 0.4) is 0 Å². The van der Waals surface area contributed by atoms with E-state index in [1.807, 2.05) is 43.5 Å². The largest absolute Gasteiger partial charge is 0.489 e. The number of nitrogens with one attached hydrogen (secondary N) is 2. The summed E-state index contributed by atoms with van der Waals surface area (Å²) in [5.41, 5.74) is 14.2. The van der Waals surface area contributed by atoms with Crippen molar-refractivity contribution in [2.45, 2.75) is 65.9 Å². The minimum atomic E-state index is -0.120. The van der Waals surface area contributed by atoms with Gasteiger partial charge < -0.3 is 40.1 Å². The average Bonchev–Trinajstić information content (AvgIpc) is 3.22. The van der Waals surface area contributed by atoms with E-state index in [4.69, 9.17) is 29.4 Å². The molecule has 0 aliphatic rings. The molecule has 0 fully saturated rings. The van der Waals surface area contributed by atoms with Crippen LogP contribution in [0, 0.1) is 13.8 Å². The van der Waals surface area contributed by atoms with Crippen molar-refractivity contribution >= 4 is 39.4 Å². The third-order valence-corrected chi connectivity index (χ3v) is 9.59. The van der Waals surface area contributed by atoms with E-state index < -0.39 is 0 Å². The molecular formula is C46H59N5O7. The number of carbonyl (C=O) groups excluding carboxylic acids is 2. The van der Waals surface area contributed by atoms with Crippen molar-refractivity contribution in [3.05, 3.63) is 106 Å². The molecule has 5 rings (SSSR count). The minimum absolute atomic E-state index is 0.00201. The van der Waals surface area contributed by atoms with Gasteiger partial charge in [0.05, 0.1) is 38.6 Å². The summed E-state index contributed by atoms with van der Waals surface area (Å²) >= 11 is 0. The number of nitrogens with zero attached hydrogens (tertiary/aromatic N) is 2. The van der Waals surface area contributed by atoms with Crippen molar-refractivity contribution in [1.29, 1.82) is 0 Å². The van der Waals surface area contributed by atoms with Gasteiger partial charge in [-0.15, -0.1) is 0 Å². The first-order chi connectivity index (χ1) is 28.3. The number of aryl methyl sites for hydroxylation is 4. The van der Waals surface area contributed by atoms with Gasteiger partial charge in [-0.2, -0.15) is 0 Å². The topological polar surface area (TPSA) is 156 Å². The normalized spacial score (nSPS) is 11.3. The molecule has 2 heterocycles. The summed E-state index contributed by atoms with van der Waals surface area (Å²) in [6.07, 6.45) is 6.42. The van der Waals surface area contributed by atoms with E-state index in [1.54, 1.807) is 0 Å². The Bertz CT molecular complexity index is 2060. The number of fused-ring (bicyclic) bond motifs is 3. The highest BCUT2D eigenvalue weighted by Gasteiger charge is 2.11. The molecule has 2 aromatic heterocycles. The molecule has 0 atom stereocenters. The van der Waals surface area contributed by atoms with Crippen LogP contribution in [0.4, 0.5) is 5.82 Å². The second kappa shape index (κ2) is 23.9. The highest BCUT2D eigenvalue weighted by molar-refractivity contribution is 6.08. The lowest BCUT2D eigenvalue weighted by Crippen LogP contribution is -2.26. The zero-order valence-electron chi connectivity index (χ0n) is 34.3. The number of ether oxygens (including phenoxy) is 5. The summed E-state index contributed by atoms with van der Waals surface area (Å²) in [5, 5.41) is 7.90. The quantitative estimate of drug-likeness (QED) is 0.0400. The van der Waals surface area contributed by atoms with E-state index in [0.717, 1.165) is 69.9 Å². The molecule has 5 aromatic rings. The van der Waals surface area contributed by atoms with Gasteiger partial charge in [-0.05, 0) is 110 Å². The Morgan fingerprint density at radius 1 is 0.707 bits per heavy atom. The fourth-order valence-electron chi connectivity index (χ4n) is 6.36. The first-order valence-electron chi connectivity index (χ1n) is 20.4. The average molecular weight is 794 g/mol. The lowest BCUT2D eigenvalue weighted by Gasteiger charge is -2.12. The Kier molecular flexibility index (Phi) is 18.1. The molecule has 12 heteroatoms. The maximum Gasteiger partial charge on any atom is 0.251 e. The van der Waals surface area contributed by atoms with E-state index in [2.05, 4.69) is 70.8 Å². The standard InChI is InChI=1S/C46H59N5O7/c1-4-20-54-23-17-43(52)48-18-5-21-55-24-26-57-27-25-56-22-6-19-49-46(53)38-12-8-35(9-13-38)32-58-39-15-14-37(34(3)29-39)11-10-36-30-41-40-16-7-33(2)28-42(40)51-45(47)44(41)50-31-36/h7-9,12-16,28-31H,4-6,10-11,17-27,32H2,1-3H3,(H2,47,51)(H,48,52)(H,49,53). The molecule has 310 valence electrons. The van der Waals surface area contributed by atoms with Gasteiger partial charge in [0.25, 0.3) is 5.91 Å². The number of amides is 2. The van der Waals surface area contributed by atoms with Crippen molar-refractivity contribution in [1.82, 2.24) is 20.6 Å². The minimum Gasteiger partial charge on any atom is -0.489 e. The van der Waals surface area contributed by atoms with Crippen LogP contribution in [0.15, 0.2) is 72.9 Å². The van der Waals surface area contributed by atoms with Gasteiger partial charge >= 0.3 is 0 Å². The first kappa shape index (κ1) is 44.0. The van der Waals surface area contributed by atoms with Gasteiger partial charge in [0.1, 0.15) is 17.9 Å². The Hall–Kier alpha value is -5.14. The summed E-state index contributed by atoms with van der Waals surface area (Å²) in [5.74, 6) is 1.14. The van der Waals surface area contributed by atoms with Crippen molar-refractivity contribution in [2.75, 3.05) is 71.7 Å². The number of anilines is 1. The van der Waals surface area contributed by atoms with Crippen LogP contribution in [0.25, 0.3) is 21.8 Å². The van der Waals surface area contributed by atoms with Crippen LogP contribution in [0.2, 0.25) is 0 Å². The van der Waals surface area contributed by atoms with Crippen LogP contribution in [0.5, 0.6) is 5.75 Å². The maximum absolute atomic E-state index is 12.6. The Morgan fingerprint density at radius 3 is 2.14 bits per heavy atom. The monoisotopic (exact) mass is 793 g/mol. The summed E-state index contributed by atoms with van der Waals surface area (Å²) < 4.78 is 28.1. The van der Waals surface area contributed by atoms with Crippen LogP contribution in [-0.4, -0.2) is 87.7 Å². The Morgan fingerprint density at radius 2 is 1.41 bits per heavy atom. The van der Waals surface area contributed by atoms with E-state index in [1.165, 1.54) is 11.1 Å². The second-order valence-electron chi connectivity index (χ2n) is 14.3. The molecule has 58 heavy (non-hydrogen) atoms. The SMILES string of the molecule is CCCOCCC(=O)NCCCOCCOCCOCCCNC(=O)c1ccc(COc2ccc(CCc3cnc4c(N)nc5cc(C)ccc5c4c3)c(C)c2)cc1. The molecule has 0 aliphatic heterocycles. The van der Waals surface area contributed by atoms with Gasteiger partial charge in [-0.3, -0.25) is 14.6 Å². The number of rotatable bonds is 26. The lowest BCUT2D eigenvalue weighted by atomic mass is 9.99. The lowest BCUT2D eigenvalue weighted by molar-refractivity contribution is -0.122. The molecule has 0 unspecified atom stereocenters. The van der Waals surface area contributed by atoms with Gasteiger partial charge in [-0.25, -0.2) is 4.98 Å². The Labute approximate surface area is 342 Å². The molecule has 4 N–H and O–H groups in total. The fourth-order valence-corrected chi connectivity index (χ4v) is 6.36. The van der Waals surface area contributed by atoms with E-state index in [0.29, 0.717) is 96.8 Å². The van der Waals surface area contributed by atoms with Gasteiger partial charge in [0, 0.05) is 61.9 Å². The summed E-state index contributed by atoms with van der Waals surface area (Å²) in [4.78, 5) is 33.6. The van der Waals surface area contributed by atoms with Crippen LogP contribution in [-0.2, 0) is 43.2 Å². The molecule has 0 bridgehead atoms. The molecule has 12 nitrogen and oxygen atoms in total. The van der Waals surface area contributed by atoms with Gasteiger partial charge in [-0.1, -0.05) is 37.3 Å². The molecule has 0 saturated heterocycles. The zero-order valence-corrected chi connectivity index (χ0v) is 34.3. The molecule has 3 aromatic carbocycles. The molecule has 2 amide bonds. The molecule has 0 aliphatic carbocycles. The number of nitrogens with two attached hydrogens (primary N) is 1. The fraction of sp³-hybridized carbons (Fsp3) is 0.435. The predicted molar refractivity (Wildman–Crippen MR) is 228 cm³/mol. The number of pyridine rings is 2. The van der Waals surface area contributed by atoms with Crippen LogP contribution >= 0.6 is 0 Å². The second-order valence-corrected chi connectivity index (χ2v) is 14.3. The van der Waals surface area contributed by atoms with Crippen molar-refractivity contribution in [3.8, 4) is 5.75 Å². The van der Waals surface area contributed by atoms with Gasteiger partial charge in [0.2, 0.25) is 5.91 Å². The molecule has 0 radical (unpaired) electrons. The third kappa shape index (κ3) is 14.4. The zero-order chi connectivity index (χ0) is 41.0. The highest BCUT2D eigenvalue weighted by Crippen LogP contribution is 2.28. The van der Waals surface area contributed by atoms with E-state index in [9.17, 15) is 9.59 Å². The molecule has 0 spiro atoms. The van der Waals surface area contributed by atoms with Crippen molar-refractivity contribution in [3.63, 3.8) is 0 Å². The predicted octanol–water partition coefficient (Wildman–Crippen LogP) is 6.84. The first-order valence-corrected chi connectivity index (χ1v) is 20.4. The number of aromatic nitrogens is 2. The van der Waals surface area contributed by atoms with Crippen molar-refractivity contribution in [2.24, 2.45) is 0 Å². The number of carbonyl (C=O) groups is 2. The molecular weight excluding hydrogens is 735 g/mol. The van der Waals surface area contributed by atoms with E-state index >= 15 is 0 Å². The number of hydrogen-bond donors (Lipinski definition) is 3. The molecule has 0 saturated carbocycles. The van der Waals surface area contributed by atoms with Crippen LogP contribution in [0.1, 0.15) is 70.8 Å². The van der Waals surface area contributed by atoms with Crippen molar-refractivity contribution < 1.29 is 33.3 Å².